The Morgan fingerprint density at radius 3 is 2.33 bits per heavy atom. The molecule has 4 nitrogen and oxygen atoms in total. The zero-order chi connectivity index (χ0) is 39.3. The third-order valence-corrected chi connectivity index (χ3v) is 10.1. The topological polar surface area (TPSA) is 43.9 Å². The van der Waals surface area contributed by atoms with Crippen LogP contribution in [0.25, 0.3) is 66.7 Å². The van der Waals surface area contributed by atoms with Gasteiger partial charge in [-0.3, -0.25) is 4.98 Å². The number of nitrogens with zero attached hydrogens (tertiary/aromatic N) is 3. The van der Waals surface area contributed by atoms with E-state index in [9.17, 15) is 0 Å². The van der Waals surface area contributed by atoms with E-state index in [4.69, 9.17) is 8.53 Å². The number of para-hydroxylation sites is 3. The summed E-state index contributed by atoms with van der Waals surface area (Å²) < 4.78 is 34.3. The molecular formula is C49H47IrN3O-2. The van der Waals surface area contributed by atoms with Crippen molar-refractivity contribution in [2.75, 3.05) is 0 Å². The largest absolute Gasteiger partial charge is 0.501 e. The Labute approximate surface area is 337 Å². The molecule has 275 valence electrons. The predicted molar refractivity (Wildman–Crippen MR) is 220 cm³/mol. The first kappa shape index (κ1) is 33.7. The molecule has 0 saturated heterocycles. The van der Waals surface area contributed by atoms with Crippen molar-refractivity contribution in [1.82, 2.24) is 14.5 Å². The van der Waals surface area contributed by atoms with E-state index in [2.05, 4.69) is 78.4 Å². The van der Waals surface area contributed by atoms with Crippen LogP contribution in [0.3, 0.4) is 0 Å². The van der Waals surface area contributed by atoms with Gasteiger partial charge in [0, 0.05) is 42.3 Å². The summed E-state index contributed by atoms with van der Waals surface area (Å²) in [5.74, 6) is 0.144. The van der Waals surface area contributed by atoms with E-state index >= 15 is 0 Å². The van der Waals surface area contributed by atoms with Crippen LogP contribution >= 0.6 is 0 Å². The number of pyridine rings is 1. The third-order valence-electron chi connectivity index (χ3n) is 10.1. The van der Waals surface area contributed by atoms with Crippen LogP contribution in [-0.4, -0.2) is 14.5 Å². The zero-order valence-corrected chi connectivity index (χ0v) is 33.9. The minimum absolute atomic E-state index is 0. The maximum atomic E-state index is 9.06. The third kappa shape index (κ3) is 7.99. The number of hydrogen-bond acceptors (Lipinski definition) is 3. The van der Waals surface area contributed by atoms with Crippen LogP contribution in [-0.2, 0) is 26.6 Å². The van der Waals surface area contributed by atoms with Gasteiger partial charge in [0.2, 0.25) is 0 Å². The molecule has 0 spiro atoms. The van der Waals surface area contributed by atoms with Gasteiger partial charge in [-0.1, -0.05) is 106 Å². The van der Waals surface area contributed by atoms with E-state index in [0.29, 0.717) is 11.2 Å². The first-order chi connectivity index (χ1) is 26.7. The molecule has 1 aliphatic carbocycles. The van der Waals surface area contributed by atoms with Gasteiger partial charge in [-0.05, 0) is 89.1 Å². The minimum atomic E-state index is -1.58. The molecule has 1 aliphatic rings. The first-order valence-electron chi connectivity index (χ1n) is 20.1. The van der Waals surface area contributed by atoms with Crippen molar-refractivity contribution < 1.29 is 28.6 Å². The van der Waals surface area contributed by atoms with E-state index in [1.165, 1.54) is 0 Å². The second kappa shape index (κ2) is 15.5. The number of furan rings is 1. The Morgan fingerprint density at radius 2 is 1.57 bits per heavy atom. The average Bonchev–Trinajstić information content (AvgIpc) is 3.79. The van der Waals surface area contributed by atoms with Gasteiger partial charge in [0.15, 0.2) is 0 Å². The zero-order valence-electron chi connectivity index (χ0n) is 34.5. The Kier molecular flexibility index (Phi) is 9.67. The quantitative estimate of drug-likeness (QED) is 0.162. The summed E-state index contributed by atoms with van der Waals surface area (Å²) in [5.41, 5.74) is 8.95. The summed E-state index contributed by atoms with van der Waals surface area (Å²) in [7, 11) is 0. The Hall–Kier alpha value is -4.83. The predicted octanol–water partition coefficient (Wildman–Crippen LogP) is 13.3. The molecule has 8 aromatic rings. The SMILES string of the molecule is [2H]C([2H])(n1c(-c2[c-]cccc2)nc2ccccc21)C(C)(C)C.[2H]C1(c2ccc(-c3ccnc(-c4[c-]ccc5c4oc4ccccc45)c3)cc2)CCC(C)(C)CC1.[Ir]. The van der Waals surface area contributed by atoms with E-state index < -0.39 is 17.8 Å². The molecule has 0 aliphatic heterocycles. The molecule has 0 bridgehead atoms. The van der Waals surface area contributed by atoms with Gasteiger partial charge in [-0.15, -0.1) is 54.1 Å². The van der Waals surface area contributed by atoms with E-state index in [-0.39, 0.29) is 20.1 Å². The van der Waals surface area contributed by atoms with Crippen LogP contribution < -0.4 is 0 Å². The maximum absolute atomic E-state index is 9.06. The number of aromatic nitrogens is 3. The second-order valence-corrected chi connectivity index (χ2v) is 15.9. The molecule has 3 heterocycles. The number of hydrogen-bond donors (Lipinski definition) is 0. The first-order valence-corrected chi connectivity index (χ1v) is 18.6. The fourth-order valence-electron chi connectivity index (χ4n) is 7.23. The standard InChI is InChI=1S/C31H28NO.C18H19N2.Ir/c1-31(2)17-14-23(15-18-31)21-10-12-22(13-11-21)24-16-19-32-28(20-24)27-8-5-7-26-25-6-3-4-9-29(25)33-30(26)27;1-18(2,3)13-20-16-12-8-7-11-15(16)19-17(20)14-9-5-4-6-10-14;/h3-7,9-13,16,19-20,23H,14-15,17-18H2,1-2H3;4-9,11-12H,13H2,1-3H3;/q2*-1;/i23D;13D2;. The summed E-state index contributed by atoms with van der Waals surface area (Å²) in [6.07, 6.45) is 5.92. The van der Waals surface area contributed by atoms with Crippen LogP contribution in [0.4, 0.5) is 0 Å². The molecular weight excluding hydrogens is 839 g/mol. The summed E-state index contributed by atoms with van der Waals surface area (Å²) in [6, 6.07) is 46.6. The van der Waals surface area contributed by atoms with Crippen LogP contribution in [0.5, 0.6) is 0 Å². The van der Waals surface area contributed by atoms with Crippen molar-refractivity contribution in [3.63, 3.8) is 0 Å². The number of rotatable bonds is 5. The van der Waals surface area contributed by atoms with E-state index in [1.54, 1.807) is 4.57 Å². The Morgan fingerprint density at radius 1 is 0.833 bits per heavy atom. The summed E-state index contributed by atoms with van der Waals surface area (Å²) in [5, 5.41) is 2.19. The van der Waals surface area contributed by atoms with Crippen molar-refractivity contribution in [1.29, 1.82) is 0 Å². The molecule has 0 amide bonds. The Bertz CT molecular complexity index is 2650. The smallest absolute Gasteiger partial charge is 0.120 e. The molecule has 1 saturated carbocycles. The summed E-state index contributed by atoms with van der Waals surface area (Å²) in [6.45, 7) is 8.77. The number of fused-ring (bicyclic) bond motifs is 4. The van der Waals surface area contributed by atoms with Gasteiger partial charge in [0.25, 0.3) is 0 Å². The number of imidazole rings is 1. The van der Waals surface area contributed by atoms with Gasteiger partial charge < -0.3 is 14.0 Å². The van der Waals surface area contributed by atoms with Crippen LogP contribution in [0.1, 0.15) is 75.9 Å². The molecule has 9 rings (SSSR count). The molecule has 54 heavy (non-hydrogen) atoms. The van der Waals surface area contributed by atoms with Crippen molar-refractivity contribution in [3.8, 4) is 33.8 Å². The molecule has 5 heteroatoms. The minimum Gasteiger partial charge on any atom is -0.501 e. The molecule has 5 aromatic carbocycles. The molecule has 0 atom stereocenters. The number of benzene rings is 5. The van der Waals surface area contributed by atoms with Crippen molar-refractivity contribution in [2.24, 2.45) is 10.8 Å². The fourth-order valence-corrected chi connectivity index (χ4v) is 7.23. The van der Waals surface area contributed by atoms with E-state index in [1.807, 2.05) is 106 Å². The normalized spacial score (nSPS) is 16.1. The summed E-state index contributed by atoms with van der Waals surface area (Å²) >= 11 is 0. The second-order valence-electron chi connectivity index (χ2n) is 15.9. The van der Waals surface area contributed by atoms with Crippen molar-refractivity contribution >= 4 is 33.0 Å². The van der Waals surface area contributed by atoms with Gasteiger partial charge in [0.1, 0.15) is 5.58 Å². The van der Waals surface area contributed by atoms with Gasteiger partial charge in [-0.2, -0.15) is 0 Å². The maximum Gasteiger partial charge on any atom is 0.120 e. The monoisotopic (exact) mass is 889 g/mol. The molecule has 1 fully saturated rings. The molecule has 0 N–H and O–H groups in total. The van der Waals surface area contributed by atoms with Crippen molar-refractivity contribution in [3.05, 3.63) is 145 Å². The van der Waals surface area contributed by atoms with E-state index in [0.717, 1.165) is 92.2 Å². The molecule has 0 unspecified atom stereocenters. The van der Waals surface area contributed by atoms with Crippen molar-refractivity contribution in [2.45, 2.75) is 72.7 Å². The van der Waals surface area contributed by atoms with Crippen LogP contribution in [0, 0.1) is 23.0 Å². The van der Waals surface area contributed by atoms with Gasteiger partial charge >= 0.3 is 0 Å². The molecule has 1 radical (unpaired) electrons. The Balaban J connectivity index is 0.000000188. The van der Waals surface area contributed by atoms with Gasteiger partial charge in [-0.25, -0.2) is 0 Å². The van der Waals surface area contributed by atoms with Crippen LogP contribution in [0.2, 0.25) is 0 Å². The molecule has 3 aromatic heterocycles. The fraction of sp³-hybridized carbons (Fsp3) is 0.265. The average molecular weight is 889 g/mol. The van der Waals surface area contributed by atoms with Gasteiger partial charge in [0.05, 0.1) is 22.4 Å². The summed E-state index contributed by atoms with van der Waals surface area (Å²) in [4.78, 5) is 9.30. The van der Waals surface area contributed by atoms with Crippen LogP contribution in [0.15, 0.2) is 132 Å².